The van der Waals surface area contributed by atoms with Crippen LogP contribution in [0.3, 0.4) is 0 Å². The van der Waals surface area contributed by atoms with E-state index in [9.17, 15) is 4.79 Å². The lowest BCUT2D eigenvalue weighted by Crippen LogP contribution is -2.31. The molecule has 1 unspecified atom stereocenters. The largest absolute Gasteiger partial charge is 0.340 e. The summed E-state index contributed by atoms with van der Waals surface area (Å²) in [4.78, 5) is 16.5. The summed E-state index contributed by atoms with van der Waals surface area (Å²) in [5, 5.41) is 0. The lowest BCUT2D eigenvalue weighted by atomic mass is 10.2. The lowest BCUT2D eigenvalue weighted by Gasteiger charge is -2.19. The van der Waals surface area contributed by atoms with Crippen molar-refractivity contribution in [1.29, 1.82) is 0 Å². The maximum Gasteiger partial charge on any atom is 0.210 e. The van der Waals surface area contributed by atoms with Gasteiger partial charge in [0.1, 0.15) is 0 Å². The van der Waals surface area contributed by atoms with E-state index in [1.807, 2.05) is 15.7 Å². The van der Waals surface area contributed by atoms with Crippen LogP contribution < -0.4 is 0 Å². The normalized spacial score (nSPS) is 22.2. The fourth-order valence-electron chi connectivity index (χ4n) is 1.83. The predicted molar refractivity (Wildman–Crippen MR) is 48.0 cm³/mol. The van der Waals surface area contributed by atoms with Crippen LogP contribution in [0.15, 0.2) is 18.7 Å². The molecule has 13 heavy (non-hydrogen) atoms. The van der Waals surface area contributed by atoms with E-state index < -0.39 is 0 Å². The van der Waals surface area contributed by atoms with Gasteiger partial charge in [-0.25, -0.2) is 4.98 Å². The van der Waals surface area contributed by atoms with Crippen molar-refractivity contribution in [2.24, 2.45) is 0 Å². The van der Waals surface area contributed by atoms with Crippen molar-refractivity contribution >= 4 is 6.41 Å². The Balaban J connectivity index is 1.97. The monoisotopic (exact) mass is 179 g/mol. The summed E-state index contributed by atoms with van der Waals surface area (Å²) in [7, 11) is 0. The number of imidazole rings is 1. The van der Waals surface area contributed by atoms with E-state index in [0.29, 0.717) is 6.04 Å². The number of aromatic nitrogens is 2. The molecule has 0 N–H and O–H groups in total. The zero-order valence-corrected chi connectivity index (χ0v) is 7.47. The molecule has 1 amide bonds. The van der Waals surface area contributed by atoms with Gasteiger partial charge in [-0.05, 0) is 12.8 Å². The van der Waals surface area contributed by atoms with Crippen LogP contribution in [0.25, 0.3) is 0 Å². The Hall–Kier alpha value is -1.32. The molecule has 0 spiro atoms. The van der Waals surface area contributed by atoms with Gasteiger partial charge in [0.25, 0.3) is 0 Å². The molecular formula is C9H13N3O. The molecule has 4 heteroatoms. The van der Waals surface area contributed by atoms with Gasteiger partial charge in [-0.2, -0.15) is 0 Å². The molecule has 0 aromatic carbocycles. The van der Waals surface area contributed by atoms with Gasteiger partial charge < -0.3 is 9.47 Å². The first-order valence-corrected chi connectivity index (χ1v) is 4.57. The third-order valence-electron chi connectivity index (χ3n) is 2.54. The maximum absolute atomic E-state index is 10.6. The van der Waals surface area contributed by atoms with Gasteiger partial charge >= 0.3 is 0 Å². The van der Waals surface area contributed by atoms with Crippen LogP contribution in [0.2, 0.25) is 0 Å². The van der Waals surface area contributed by atoms with Crippen molar-refractivity contribution in [2.45, 2.75) is 25.4 Å². The smallest absolute Gasteiger partial charge is 0.210 e. The lowest BCUT2D eigenvalue weighted by molar-refractivity contribution is -0.119. The molecule has 1 saturated heterocycles. The maximum atomic E-state index is 10.6. The minimum Gasteiger partial charge on any atom is -0.340 e. The molecule has 4 nitrogen and oxygen atoms in total. The number of likely N-dealkylation sites (tertiary alicyclic amines) is 1. The average molecular weight is 179 g/mol. The molecule has 0 aliphatic carbocycles. The average Bonchev–Trinajstić information content (AvgIpc) is 2.76. The van der Waals surface area contributed by atoms with Gasteiger partial charge in [-0.3, -0.25) is 4.79 Å². The summed E-state index contributed by atoms with van der Waals surface area (Å²) in [5.41, 5.74) is 0. The minimum absolute atomic E-state index is 0.367. The zero-order valence-electron chi connectivity index (χ0n) is 7.47. The van der Waals surface area contributed by atoms with E-state index in [2.05, 4.69) is 4.98 Å². The third-order valence-corrected chi connectivity index (χ3v) is 2.54. The van der Waals surface area contributed by atoms with Crippen molar-refractivity contribution < 1.29 is 4.79 Å². The van der Waals surface area contributed by atoms with Crippen molar-refractivity contribution in [2.75, 3.05) is 6.54 Å². The fraction of sp³-hybridized carbons (Fsp3) is 0.556. The Labute approximate surface area is 77.2 Å². The number of rotatable bonds is 3. The summed E-state index contributed by atoms with van der Waals surface area (Å²) >= 11 is 0. The molecule has 1 aromatic rings. The number of carbonyl (C=O) groups is 1. The number of nitrogens with zero attached hydrogens (tertiary/aromatic N) is 3. The van der Waals surface area contributed by atoms with E-state index in [-0.39, 0.29) is 0 Å². The first-order valence-electron chi connectivity index (χ1n) is 4.57. The highest BCUT2D eigenvalue weighted by molar-refractivity contribution is 5.48. The summed E-state index contributed by atoms with van der Waals surface area (Å²) in [5.74, 6) is 0. The predicted octanol–water partition coefficient (Wildman–Crippen LogP) is 0.504. The Kier molecular flexibility index (Phi) is 2.29. The Bertz CT molecular complexity index is 270. The summed E-state index contributed by atoms with van der Waals surface area (Å²) in [6, 6.07) is 0.367. The molecule has 1 fully saturated rings. The molecular weight excluding hydrogens is 166 g/mol. The first kappa shape index (κ1) is 8.29. The highest BCUT2D eigenvalue weighted by atomic mass is 16.1. The van der Waals surface area contributed by atoms with Crippen molar-refractivity contribution in [1.82, 2.24) is 14.5 Å². The van der Waals surface area contributed by atoms with E-state index in [1.165, 1.54) is 0 Å². The van der Waals surface area contributed by atoms with Crippen molar-refractivity contribution in [3.05, 3.63) is 18.7 Å². The Morgan fingerprint density at radius 2 is 2.54 bits per heavy atom. The Morgan fingerprint density at radius 1 is 1.62 bits per heavy atom. The van der Waals surface area contributed by atoms with E-state index in [0.717, 1.165) is 32.3 Å². The van der Waals surface area contributed by atoms with E-state index >= 15 is 0 Å². The Morgan fingerprint density at radius 3 is 3.23 bits per heavy atom. The molecule has 1 aromatic heterocycles. The fourth-order valence-corrected chi connectivity index (χ4v) is 1.83. The van der Waals surface area contributed by atoms with Crippen LogP contribution >= 0.6 is 0 Å². The molecule has 0 saturated carbocycles. The van der Waals surface area contributed by atoms with E-state index in [4.69, 9.17) is 0 Å². The molecule has 70 valence electrons. The summed E-state index contributed by atoms with van der Waals surface area (Å²) < 4.78 is 2.02. The molecule has 1 aliphatic rings. The van der Waals surface area contributed by atoms with Gasteiger partial charge in [-0.15, -0.1) is 0 Å². The van der Waals surface area contributed by atoms with E-state index in [1.54, 1.807) is 12.5 Å². The van der Waals surface area contributed by atoms with Gasteiger partial charge in [0.15, 0.2) is 0 Å². The second-order valence-electron chi connectivity index (χ2n) is 3.40. The SMILES string of the molecule is O=CN1CCCC1Cn1ccnc1. The number of hydrogen-bond donors (Lipinski definition) is 0. The van der Waals surface area contributed by atoms with Crippen LogP contribution in [0.1, 0.15) is 12.8 Å². The van der Waals surface area contributed by atoms with Gasteiger partial charge in [0.05, 0.1) is 6.33 Å². The molecule has 1 aliphatic heterocycles. The van der Waals surface area contributed by atoms with Gasteiger partial charge in [-0.1, -0.05) is 0 Å². The van der Waals surface area contributed by atoms with Crippen LogP contribution in [0, 0.1) is 0 Å². The van der Waals surface area contributed by atoms with Crippen molar-refractivity contribution in [3.8, 4) is 0 Å². The molecule has 1 atom stereocenters. The first-order chi connectivity index (χ1) is 6.40. The molecule has 2 heterocycles. The second kappa shape index (κ2) is 3.60. The van der Waals surface area contributed by atoms with Gasteiger partial charge in [0.2, 0.25) is 6.41 Å². The highest BCUT2D eigenvalue weighted by Crippen LogP contribution is 2.16. The quantitative estimate of drug-likeness (QED) is 0.634. The van der Waals surface area contributed by atoms with Crippen molar-refractivity contribution in [3.63, 3.8) is 0 Å². The molecule has 0 radical (unpaired) electrons. The third kappa shape index (κ3) is 1.71. The summed E-state index contributed by atoms with van der Waals surface area (Å²) in [6.45, 7) is 1.78. The van der Waals surface area contributed by atoms with Crippen LogP contribution in [-0.4, -0.2) is 33.4 Å². The number of carbonyl (C=O) groups excluding carboxylic acids is 1. The second-order valence-corrected chi connectivity index (χ2v) is 3.40. The van der Waals surface area contributed by atoms with Crippen LogP contribution in [-0.2, 0) is 11.3 Å². The zero-order chi connectivity index (χ0) is 9.10. The standard InChI is InChI=1S/C9H13N3O/c13-8-12-4-1-2-9(12)6-11-5-3-10-7-11/h3,5,7-9H,1-2,4,6H2. The van der Waals surface area contributed by atoms with Crippen LogP contribution in [0.4, 0.5) is 0 Å². The number of amides is 1. The van der Waals surface area contributed by atoms with Gasteiger partial charge in [0, 0.05) is 31.5 Å². The minimum atomic E-state index is 0.367. The molecule has 0 bridgehead atoms. The number of hydrogen-bond acceptors (Lipinski definition) is 2. The topological polar surface area (TPSA) is 38.1 Å². The summed E-state index contributed by atoms with van der Waals surface area (Å²) in [6.07, 6.45) is 8.67. The highest BCUT2D eigenvalue weighted by Gasteiger charge is 2.22. The van der Waals surface area contributed by atoms with Crippen LogP contribution in [0.5, 0.6) is 0 Å². The molecule has 2 rings (SSSR count).